The summed E-state index contributed by atoms with van der Waals surface area (Å²) in [5.74, 6) is 0. The van der Waals surface area contributed by atoms with Crippen molar-refractivity contribution in [1.82, 2.24) is 0 Å². The molecule has 0 N–H and O–H groups in total. The van der Waals surface area contributed by atoms with Crippen LogP contribution in [0.15, 0.2) is 48.5 Å². The molecule has 0 amide bonds. The Morgan fingerprint density at radius 3 is 1.81 bits per heavy atom. The molecule has 0 aromatic heterocycles. The van der Waals surface area contributed by atoms with Gasteiger partial charge in [-0.1, -0.05) is 74.2 Å². The summed E-state index contributed by atoms with van der Waals surface area (Å²) in [7, 11) is 4.22. The van der Waals surface area contributed by atoms with Gasteiger partial charge in [0.25, 0.3) is 0 Å². The van der Waals surface area contributed by atoms with Gasteiger partial charge in [0.1, 0.15) is 0 Å². The van der Waals surface area contributed by atoms with Crippen molar-refractivity contribution in [2.24, 2.45) is 0 Å². The number of rotatable bonds is 1. The zero-order valence-electron chi connectivity index (χ0n) is 13.4. The van der Waals surface area contributed by atoms with E-state index in [9.17, 15) is 0 Å². The minimum Gasteiger partial charge on any atom is -0.422 e. The molecule has 3 rings (SSSR count). The number of aryl methyl sites for hydroxylation is 1. The minimum absolute atomic E-state index is 1.30. The molecule has 2 aromatic carbocycles. The molecule has 1 aliphatic carbocycles. The van der Waals surface area contributed by atoms with Crippen LogP contribution in [0.25, 0.3) is 11.1 Å². The third-order valence-electron chi connectivity index (χ3n) is 3.69. The average Bonchev–Trinajstić information content (AvgIpc) is 2.42. The van der Waals surface area contributed by atoms with Gasteiger partial charge in [-0.3, -0.25) is 0 Å². The molecule has 0 bridgehead atoms. The molecule has 111 valence electrons. The molecule has 3 radical (unpaired) electrons. The van der Waals surface area contributed by atoms with Crippen LogP contribution in [0.4, 0.5) is 0 Å². The molecular formula is C19H25OSi. The van der Waals surface area contributed by atoms with Gasteiger partial charge in [-0.25, -0.2) is 0 Å². The molecule has 1 saturated carbocycles. The molecule has 0 aliphatic heterocycles. The van der Waals surface area contributed by atoms with Crippen LogP contribution in [-0.4, -0.2) is 17.6 Å². The first-order valence-corrected chi connectivity index (χ1v) is 7.93. The summed E-state index contributed by atoms with van der Waals surface area (Å²) in [6.07, 6.45) is 6.00. The number of hydrogen-bond donors (Lipinski definition) is 0. The molecule has 2 heteroatoms. The highest BCUT2D eigenvalue weighted by molar-refractivity contribution is 5.97. The van der Waals surface area contributed by atoms with Gasteiger partial charge in [-0.05, 0) is 36.1 Å². The zero-order chi connectivity index (χ0) is 15.5. The van der Waals surface area contributed by atoms with Crippen molar-refractivity contribution < 1.29 is 4.43 Å². The van der Waals surface area contributed by atoms with Gasteiger partial charge < -0.3 is 4.43 Å². The topological polar surface area (TPSA) is 9.23 Å². The van der Waals surface area contributed by atoms with Gasteiger partial charge in [-0.2, -0.15) is 0 Å². The van der Waals surface area contributed by atoms with Crippen molar-refractivity contribution in [1.29, 1.82) is 0 Å². The maximum atomic E-state index is 4.06. The third-order valence-corrected chi connectivity index (χ3v) is 3.69. The number of benzene rings is 2. The minimum atomic E-state index is 1.30. The lowest BCUT2D eigenvalue weighted by Gasteiger charge is -2.07. The molecule has 2 aromatic rings. The SMILES string of the molecule is C1CCC1.CO[Si].Cc1cccc(-c2ccccc2)c1C. The summed E-state index contributed by atoms with van der Waals surface area (Å²) in [5.41, 5.74) is 5.37. The van der Waals surface area contributed by atoms with Gasteiger partial charge in [0, 0.05) is 7.11 Å². The summed E-state index contributed by atoms with van der Waals surface area (Å²) < 4.78 is 4.06. The summed E-state index contributed by atoms with van der Waals surface area (Å²) in [6, 6.07) is 17.0. The molecule has 0 saturated heterocycles. The first-order chi connectivity index (χ1) is 10.2. The molecule has 1 fully saturated rings. The summed E-state index contributed by atoms with van der Waals surface area (Å²) in [6.45, 7) is 4.33. The first-order valence-electron chi connectivity index (χ1n) is 7.52. The molecule has 21 heavy (non-hydrogen) atoms. The van der Waals surface area contributed by atoms with Crippen LogP contribution in [0.2, 0.25) is 0 Å². The van der Waals surface area contributed by atoms with Crippen molar-refractivity contribution in [2.45, 2.75) is 39.5 Å². The van der Waals surface area contributed by atoms with Crippen LogP contribution < -0.4 is 0 Å². The highest BCUT2D eigenvalue weighted by Crippen LogP contribution is 2.24. The lowest BCUT2D eigenvalue weighted by atomic mass is 9.97. The second-order valence-corrected chi connectivity index (χ2v) is 5.64. The van der Waals surface area contributed by atoms with E-state index < -0.39 is 0 Å². The lowest BCUT2D eigenvalue weighted by molar-refractivity contribution is 0.460. The summed E-state index contributed by atoms with van der Waals surface area (Å²) >= 11 is 0. The van der Waals surface area contributed by atoms with Gasteiger partial charge >= 0.3 is 0 Å². The van der Waals surface area contributed by atoms with Crippen molar-refractivity contribution in [2.75, 3.05) is 7.11 Å². The molecule has 1 aliphatic rings. The highest BCUT2D eigenvalue weighted by atomic mass is 28.2. The Hall–Kier alpha value is -1.38. The number of hydrogen-bond acceptors (Lipinski definition) is 1. The lowest BCUT2D eigenvalue weighted by Crippen LogP contribution is -1.85. The fraction of sp³-hybridized carbons (Fsp3) is 0.368. The highest BCUT2D eigenvalue weighted by Gasteiger charge is 2.01. The predicted molar refractivity (Wildman–Crippen MR) is 92.6 cm³/mol. The van der Waals surface area contributed by atoms with E-state index in [1.54, 1.807) is 0 Å². The normalized spacial score (nSPS) is 12.2. The van der Waals surface area contributed by atoms with Crippen molar-refractivity contribution in [3.05, 3.63) is 59.7 Å². The first kappa shape index (κ1) is 17.7. The van der Waals surface area contributed by atoms with Crippen LogP contribution in [-0.2, 0) is 4.43 Å². The van der Waals surface area contributed by atoms with E-state index in [1.165, 1.54) is 55.0 Å². The van der Waals surface area contributed by atoms with E-state index in [0.29, 0.717) is 0 Å². The second-order valence-electron chi connectivity index (χ2n) is 5.23. The Morgan fingerprint density at radius 1 is 0.810 bits per heavy atom. The van der Waals surface area contributed by atoms with Gasteiger partial charge in [0.15, 0.2) is 0 Å². The molecule has 0 heterocycles. The monoisotopic (exact) mass is 297 g/mol. The second kappa shape index (κ2) is 10.4. The van der Waals surface area contributed by atoms with E-state index in [-0.39, 0.29) is 0 Å². The largest absolute Gasteiger partial charge is 0.422 e. The van der Waals surface area contributed by atoms with Crippen molar-refractivity contribution in [3.63, 3.8) is 0 Å². The average molecular weight is 297 g/mol. The van der Waals surface area contributed by atoms with Gasteiger partial charge in [0.05, 0.1) is 0 Å². The smallest absolute Gasteiger partial charge is 0.245 e. The Morgan fingerprint density at radius 2 is 1.33 bits per heavy atom. The van der Waals surface area contributed by atoms with E-state index in [0.717, 1.165) is 0 Å². The van der Waals surface area contributed by atoms with Crippen LogP contribution in [0.3, 0.4) is 0 Å². The van der Waals surface area contributed by atoms with E-state index in [1.807, 2.05) is 0 Å². The predicted octanol–water partition coefficient (Wildman–Crippen LogP) is 5.25. The quantitative estimate of drug-likeness (QED) is 0.653. The molecule has 0 unspecified atom stereocenters. The van der Waals surface area contributed by atoms with E-state index in [4.69, 9.17) is 0 Å². The fourth-order valence-electron chi connectivity index (χ4n) is 1.93. The van der Waals surface area contributed by atoms with Crippen LogP contribution in [0.5, 0.6) is 0 Å². The van der Waals surface area contributed by atoms with Gasteiger partial charge in [0.2, 0.25) is 10.5 Å². The maximum absolute atomic E-state index is 4.06. The standard InChI is InChI=1S/C14H14.C4H8.CH3OSi/c1-11-7-6-10-14(12(11)2)13-8-4-3-5-9-13;1-2-4-3-1;1-2-3/h3-10H,1-2H3;1-4H2;1H3. The molecular weight excluding hydrogens is 272 g/mol. The Kier molecular flexibility index (Phi) is 8.72. The van der Waals surface area contributed by atoms with E-state index in [2.05, 4.69) is 77.3 Å². The van der Waals surface area contributed by atoms with Crippen LogP contribution in [0, 0.1) is 13.8 Å². The Balaban J connectivity index is 0.000000261. The van der Waals surface area contributed by atoms with Crippen LogP contribution >= 0.6 is 0 Å². The third kappa shape index (κ3) is 6.28. The van der Waals surface area contributed by atoms with Crippen molar-refractivity contribution in [3.8, 4) is 11.1 Å². The summed E-state index contributed by atoms with van der Waals surface area (Å²) in [4.78, 5) is 0. The zero-order valence-corrected chi connectivity index (χ0v) is 14.4. The molecule has 1 nitrogen and oxygen atoms in total. The van der Waals surface area contributed by atoms with Crippen LogP contribution in [0.1, 0.15) is 36.8 Å². The van der Waals surface area contributed by atoms with Crippen molar-refractivity contribution >= 4 is 10.5 Å². The Labute approximate surface area is 132 Å². The summed E-state index contributed by atoms with van der Waals surface area (Å²) in [5, 5.41) is 0. The maximum Gasteiger partial charge on any atom is 0.245 e. The van der Waals surface area contributed by atoms with Gasteiger partial charge in [-0.15, -0.1) is 0 Å². The Bertz CT molecular complexity index is 500. The van der Waals surface area contributed by atoms with E-state index >= 15 is 0 Å². The fourth-order valence-corrected chi connectivity index (χ4v) is 1.93. The molecule has 0 spiro atoms. The molecule has 0 atom stereocenters.